The number of pyridine rings is 1. The van der Waals surface area contributed by atoms with Crippen molar-refractivity contribution >= 4 is 23.2 Å². The number of amides is 2. The minimum atomic E-state index is -0.524. The van der Waals surface area contributed by atoms with Crippen LogP contribution in [-0.2, 0) is 4.74 Å². The molecular formula is C14H14N4O3S. The minimum absolute atomic E-state index is 0.108. The zero-order valence-corrected chi connectivity index (χ0v) is 12.5. The van der Waals surface area contributed by atoms with Crippen LogP contribution in [0.4, 0.5) is 0 Å². The molecule has 0 aromatic carbocycles. The molecule has 1 fully saturated rings. The van der Waals surface area contributed by atoms with Crippen molar-refractivity contribution in [3.05, 3.63) is 46.2 Å². The van der Waals surface area contributed by atoms with Crippen LogP contribution in [0.2, 0.25) is 0 Å². The molecule has 22 heavy (non-hydrogen) atoms. The van der Waals surface area contributed by atoms with E-state index in [0.29, 0.717) is 36.6 Å². The van der Waals surface area contributed by atoms with Gasteiger partial charge in [0.25, 0.3) is 5.91 Å². The van der Waals surface area contributed by atoms with Gasteiger partial charge < -0.3 is 15.4 Å². The number of morpholine rings is 1. The first-order valence-corrected chi connectivity index (χ1v) is 7.64. The van der Waals surface area contributed by atoms with Crippen molar-refractivity contribution < 1.29 is 14.3 Å². The first-order chi connectivity index (χ1) is 10.6. The fourth-order valence-corrected chi connectivity index (χ4v) is 2.76. The van der Waals surface area contributed by atoms with E-state index in [-0.39, 0.29) is 12.0 Å². The summed E-state index contributed by atoms with van der Waals surface area (Å²) in [5.74, 6) is -0.632. The molecule has 2 amide bonds. The number of nitrogens with zero attached hydrogens (tertiary/aromatic N) is 3. The molecule has 2 N–H and O–H groups in total. The molecule has 114 valence electrons. The SMILES string of the molecule is NC(=O)c1ccc([C@@H]2CN(C(=O)c3cscn3)CCO2)nc1. The predicted molar refractivity (Wildman–Crippen MR) is 79.5 cm³/mol. The molecule has 0 spiro atoms. The standard InChI is InChI=1S/C14H14N4O3S/c15-13(19)9-1-2-10(16-5-9)12-6-18(3-4-21-12)14(20)11-7-22-8-17-11/h1-2,5,7-8,12H,3-4,6H2,(H2,15,19)/t12-/m0/s1. The van der Waals surface area contributed by atoms with Gasteiger partial charge in [-0.3, -0.25) is 14.6 Å². The average molecular weight is 318 g/mol. The highest BCUT2D eigenvalue weighted by Crippen LogP contribution is 2.22. The fraction of sp³-hybridized carbons (Fsp3) is 0.286. The molecule has 2 aromatic rings. The first-order valence-electron chi connectivity index (χ1n) is 6.70. The van der Waals surface area contributed by atoms with Crippen molar-refractivity contribution in [2.45, 2.75) is 6.10 Å². The third-order valence-corrected chi connectivity index (χ3v) is 3.99. The monoisotopic (exact) mass is 318 g/mol. The van der Waals surface area contributed by atoms with E-state index in [1.54, 1.807) is 27.9 Å². The molecule has 2 aromatic heterocycles. The minimum Gasteiger partial charge on any atom is -0.368 e. The molecule has 0 bridgehead atoms. The predicted octanol–water partition coefficient (Wildman–Crippen LogP) is 0.851. The highest BCUT2D eigenvalue weighted by molar-refractivity contribution is 7.07. The van der Waals surface area contributed by atoms with Gasteiger partial charge >= 0.3 is 0 Å². The van der Waals surface area contributed by atoms with Crippen molar-refractivity contribution in [3.63, 3.8) is 0 Å². The number of thiazole rings is 1. The Morgan fingerprint density at radius 2 is 2.23 bits per heavy atom. The van der Waals surface area contributed by atoms with Gasteiger partial charge in [-0.05, 0) is 12.1 Å². The van der Waals surface area contributed by atoms with E-state index in [1.165, 1.54) is 17.5 Å². The highest BCUT2D eigenvalue weighted by Gasteiger charge is 2.27. The molecule has 0 saturated carbocycles. The second kappa shape index (κ2) is 6.20. The van der Waals surface area contributed by atoms with Gasteiger partial charge in [-0.15, -0.1) is 11.3 Å². The van der Waals surface area contributed by atoms with E-state index in [2.05, 4.69) is 9.97 Å². The number of aromatic nitrogens is 2. The van der Waals surface area contributed by atoms with Crippen molar-refractivity contribution in [3.8, 4) is 0 Å². The van der Waals surface area contributed by atoms with Crippen LogP contribution in [0.25, 0.3) is 0 Å². The maximum atomic E-state index is 12.3. The third-order valence-electron chi connectivity index (χ3n) is 3.41. The summed E-state index contributed by atoms with van der Waals surface area (Å²) in [5.41, 5.74) is 8.28. The summed E-state index contributed by atoms with van der Waals surface area (Å²) in [5, 5.41) is 1.73. The van der Waals surface area contributed by atoms with Crippen molar-refractivity contribution in [1.29, 1.82) is 0 Å². The Kier molecular flexibility index (Phi) is 4.12. The maximum Gasteiger partial charge on any atom is 0.273 e. The van der Waals surface area contributed by atoms with E-state index >= 15 is 0 Å². The lowest BCUT2D eigenvalue weighted by molar-refractivity contribution is -0.0249. The van der Waals surface area contributed by atoms with Gasteiger partial charge in [0, 0.05) is 18.1 Å². The molecule has 1 aliphatic rings. The number of carbonyl (C=O) groups is 2. The van der Waals surface area contributed by atoms with Crippen molar-refractivity contribution in [1.82, 2.24) is 14.9 Å². The van der Waals surface area contributed by atoms with Gasteiger partial charge in [0.2, 0.25) is 5.91 Å². The number of rotatable bonds is 3. The Bertz CT molecular complexity index is 672. The maximum absolute atomic E-state index is 12.3. The van der Waals surface area contributed by atoms with Crippen LogP contribution >= 0.6 is 11.3 Å². The summed E-state index contributed by atoms with van der Waals surface area (Å²) in [6.07, 6.45) is 1.10. The summed E-state index contributed by atoms with van der Waals surface area (Å²) >= 11 is 1.39. The summed E-state index contributed by atoms with van der Waals surface area (Å²) in [4.78, 5) is 33.3. The molecule has 7 nitrogen and oxygen atoms in total. The van der Waals surface area contributed by atoms with E-state index in [0.717, 1.165) is 0 Å². The van der Waals surface area contributed by atoms with E-state index in [1.807, 2.05) is 0 Å². The van der Waals surface area contributed by atoms with Crippen LogP contribution in [0, 0.1) is 0 Å². The summed E-state index contributed by atoms with van der Waals surface area (Å²) in [6, 6.07) is 3.30. The second-order valence-electron chi connectivity index (χ2n) is 4.82. The van der Waals surface area contributed by atoms with Crippen LogP contribution in [0.5, 0.6) is 0 Å². The average Bonchev–Trinajstić information content (AvgIpc) is 3.09. The van der Waals surface area contributed by atoms with Gasteiger partial charge in [-0.25, -0.2) is 4.98 Å². The summed E-state index contributed by atoms with van der Waals surface area (Å²) in [6.45, 7) is 1.35. The van der Waals surface area contributed by atoms with E-state index in [4.69, 9.17) is 10.5 Å². The van der Waals surface area contributed by atoms with E-state index < -0.39 is 5.91 Å². The quantitative estimate of drug-likeness (QED) is 0.904. The molecule has 1 aliphatic heterocycles. The zero-order chi connectivity index (χ0) is 15.5. The molecule has 0 unspecified atom stereocenters. The summed E-state index contributed by atoms with van der Waals surface area (Å²) in [7, 11) is 0. The number of primary amides is 1. The van der Waals surface area contributed by atoms with Gasteiger partial charge in [-0.1, -0.05) is 0 Å². The molecule has 0 radical (unpaired) electrons. The Morgan fingerprint density at radius 1 is 1.36 bits per heavy atom. The van der Waals surface area contributed by atoms with Crippen LogP contribution in [0.3, 0.4) is 0 Å². The van der Waals surface area contributed by atoms with Crippen LogP contribution in [-0.4, -0.2) is 46.4 Å². The number of carbonyl (C=O) groups excluding carboxylic acids is 2. The molecule has 8 heteroatoms. The molecule has 0 aliphatic carbocycles. The van der Waals surface area contributed by atoms with Crippen molar-refractivity contribution in [2.24, 2.45) is 5.73 Å². The lowest BCUT2D eigenvalue weighted by Gasteiger charge is -2.32. The van der Waals surface area contributed by atoms with Crippen LogP contribution < -0.4 is 5.73 Å². The van der Waals surface area contributed by atoms with Gasteiger partial charge in [-0.2, -0.15) is 0 Å². The number of hydrogen-bond acceptors (Lipinski definition) is 6. The Labute approximate surface area is 130 Å². The van der Waals surface area contributed by atoms with Crippen LogP contribution in [0.1, 0.15) is 32.6 Å². The van der Waals surface area contributed by atoms with Crippen LogP contribution in [0.15, 0.2) is 29.2 Å². The second-order valence-corrected chi connectivity index (χ2v) is 5.54. The molecular weight excluding hydrogens is 304 g/mol. The Hall–Kier alpha value is -2.32. The lowest BCUT2D eigenvalue weighted by atomic mass is 10.1. The summed E-state index contributed by atoms with van der Waals surface area (Å²) < 4.78 is 5.67. The Morgan fingerprint density at radius 3 is 2.86 bits per heavy atom. The first kappa shape index (κ1) is 14.6. The number of ether oxygens (including phenoxy) is 1. The van der Waals surface area contributed by atoms with E-state index in [9.17, 15) is 9.59 Å². The molecule has 1 atom stereocenters. The smallest absolute Gasteiger partial charge is 0.273 e. The zero-order valence-electron chi connectivity index (χ0n) is 11.6. The van der Waals surface area contributed by atoms with Gasteiger partial charge in [0.15, 0.2) is 0 Å². The largest absolute Gasteiger partial charge is 0.368 e. The molecule has 3 heterocycles. The van der Waals surface area contributed by atoms with Crippen molar-refractivity contribution in [2.75, 3.05) is 19.7 Å². The molecule has 1 saturated heterocycles. The number of nitrogens with two attached hydrogens (primary N) is 1. The fourth-order valence-electron chi connectivity index (χ4n) is 2.23. The lowest BCUT2D eigenvalue weighted by Crippen LogP contribution is -2.42. The van der Waals surface area contributed by atoms with Gasteiger partial charge in [0.05, 0.1) is 29.9 Å². The topological polar surface area (TPSA) is 98.4 Å². The third kappa shape index (κ3) is 2.97. The highest BCUT2D eigenvalue weighted by atomic mass is 32.1. The Balaban J connectivity index is 1.72. The van der Waals surface area contributed by atoms with Gasteiger partial charge in [0.1, 0.15) is 11.8 Å². The number of hydrogen-bond donors (Lipinski definition) is 1. The normalized spacial score (nSPS) is 18.2. The molecule has 3 rings (SSSR count).